The topological polar surface area (TPSA) is 72.2 Å². The lowest BCUT2D eigenvalue weighted by molar-refractivity contribution is -0.139. The largest absolute Gasteiger partial charge is 0.417 e. The summed E-state index contributed by atoms with van der Waals surface area (Å²) in [6, 6.07) is 2.03. The Bertz CT molecular complexity index is 576. The third-order valence-electron chi connectivity index (χ3n) is 2.60. The van der Waals surface area contributed by atoms with Crippen molar-refractivity contribution in [1.29, 1.82) is 0 Å². The van der Waals surface area contributed by atoms with Gasteiger partial charge in [0.15, 0.2) is 0 Å². The highest BCUT2D eigenvalue weighted by atomic mass is 35.5. The van der Waals surface area contributed by atoms with Crippen molar-refractivity contribution in [3.63, 3.8) is 0 Å². The highest BCUT2D eigenvalue weighted by Crippen LogP contribution is 2.35. The highest BCUT2D eigenvalue weighted by Gasteiger charge is 2.37. The van der Waals surface area contributed by atoms with Crippen LogP contribution in [-0.4, -0.2) is 21.0 Å². The number of halogens is 4. The van der Waals surface area contributed by atoms with Gasteiger partial charge in [-0.15, -0.1) is 0 Å². The molecule has 4 nitrogen and oxygen atoms in total. The molecule has 3 N–H and O–H groups in total. The molecular weight excluding hydrogens is 317 g/mol. The molecule has 0 saturated heterocycles. The molecule has 1 atom stereocenters. The minimum absolute atomic E-state index is 0.140. The van der Waals surface area contributed by atoms with Gasteiger partial charge in [-0.2, -0.15) is 13.2 Å². The number of sulfonamides is 1. The summed E-state index contributed by atoms with van der Waals surface area (Å²) in [4.78, 5) is -0.863. The Morgan fingerprint density at radius 2 is 2.00 bits per heavy atom. The van der Waals surface area contributed by atoms with Crippen LogP contribution in [0.2, 0.25) is 5.02 Å². The molecule has 0 amide bonds. The molecule has 0 fully saturated rings. The molecule has 20 heavy (non-hydrogen) atoms. The third-order valence-corrected chi connectivity index (χ3v) is 4.31. The molecule has 0 spiro atoms. The van der Waals surface area contributed by atoms with Crippen LogP contribution in [0.3, 0.4) is 0 Å². The van der Waals surface area contributed by atoms with Gasteiger partial charge in [0.25, 0.3) is 0 Å². The zero-order chi connectivity index (χ0) is 15.6. The predicted molar refractivity (Wildman–Crippen MR) is 69.9 cm³/mol. The molecule has 1 aromatic carbocycles. The van der Waals surface area contributed by atoms with E-state index >= 15 is 0 Å². The maximum atomic E-state index is 12.8. The minimum Gasteiger partial charge on any atom is -0.327 e. The van der Waals surface area contributed by atoms with Gasteiger partial charge in [0.05, 0.1) is 10.5 Å². The van der Waals surface area contributed by atoms with Crippen LogP contribution in [0, 0.1) is 0 Å². The van der Waals surface area contributed by atoms with Crippen LogP contribution < -0.4 is 10.5 Å². The summed E-state index contributed by atoms with van der Waals surface area (Å²) in [7, 11) is -4.30. The van der Waals surface area contributed by atoms with Crippen LogP contribution in [0.25, 0.3) is 0 Å². The van der Waals surface area contributed by atoms with E-state index in [1.807, 2.05) is 0 Å². The summed E-state index contributed by atoms with van der Waals surface area (Å²) in [5, 5.41) is -0.193. The van der Waals surface area contributed by atoms with Crippen molar-refractivity contribution in [2.75, 3.05) is 6.54 Å². The molecule has 0 radical (unpaired) electrons. The first kappa shape index (κ1) is 17.2. The smallest absolute Gasteiger partial charge is 0.327 e. The highest BCUT2D eigenvalue weighted by molar-refractivity contribution is 7.89. The SMILES string of the molecule is CCC(N)CNS(=O)(=O)c1ccc(Cl)cc1C(F)(F)F. The molecule has 0 aliphatic carbocycles. The van der Waals surface area contributed by atoms with Gasteiger partial charge in [-0.1, -0.05) is 18.5 Å². The van der Waals surface area contributed by atoms with E-state index in [2.05, 4.69) is 4.72 Å². The molecule has 114 valence electrons. The second-order valence-corrected chi connectivity index (χ2v) is 6.33. The summed E-state index contributed by atoms with van der Waals surface area (Å²) in [5.74, 6) is 0. The Balaban J connectivity index is 3.18. The molecule has 1 rings (SSSR count). The first-order valence-electron chi connectivity index (χ1n) is 5.70. The lowest BCUT2D eigenvalue weighted by Crippen LogP contribution is -2.37. The van der Waals surface area contributed by atoms with Crippen LogP contribution in [0.5, 0.6) is 0 Å². The summed E-state index contributed by atoms with van der Waals surface area (Å²) < 4.78 is 64.4. The fourth-order valence-corrected chi connectivity index (χ4v) is 2.87. The quantitative estimate of drug-likeness (QED) is 0.870. The monoisotopic (exact) mass is 330 g/mol. The van der Waals surface area contributed by atoms with Gasteiger partial charge in [-0.25, -0.2) is 13.1 Å². The maximum absolute atomic E-state index is 12.8. The first-order chi connectivity index (χ1) is 9.08. The molecule has 0 aromatic heterocycles. The van der Waals surface area contributed by atoms with Gasteiger partial charge >= 0.3 is 6.18 Å². The van der Waals surface area contributed by atoms with Gasteiger partial charge in [0.2, 0.25) is 10.0 Å². The van der Waals surface area contributed by atoms with E-state index < -0.39 is 32.7 Å². The zero-order valence-corrected chi connectivity index (χ0v) is 12.1. The van der Waals surface area contributed by atoms with Crippen molar-refractivity contribution in [1.82, 2.24) is 4.72 Å². The number of nitrogens with one attached hydrogen (secondary N) is 1. The van der Waals surface area contributed by atoms with Crippen molar-refractivity contribution >= 4 is 21.6 Å². The van der Waals surface area contributed by atoms with Crippen LogP contribution in [0.1, 0.15) is 18.9 Å². The van der Waals surface area contributed by atoms with E-state index in [4.69, 9.17) is 17.3 Å². The summed E-state index contributed by atoms with van der Waals surface area (Å²) in [6.07, 6.45) is -4.32. The molecule has 1 unspecified atom stereocenters. The Kier molecular flexibility index (Phi) is 5.42. The lowest BCUT2D eigenvalue weighted by atomic mass is 10.2. The van der Waals surface area contributed by atoms with Gasteiger partial charge in [-0.3, -0.25) is 0 Å². The van der Waals surface area contributed by atoms with E-state index in [1.165, 1.54) is 0 Å². The summed E-state index contributed by atoms with van der Waals surface area (Å²) in [5.41, 5.74) is 4.23. The number of alkyl halides is 3. The van der Waals surface area contributed by atoms with Crippen molar-refractivity contribution in [3.8, 4) is 0 Å². The van der Waals surface area contributed by atoms with Crippen molar-refractivity contribution in [2.45, 2.75) is 30.5 Å². The standard InChI is InChI=1S/C11H14ClF3N2O2S/c1-2-8(16)6-17-20(18,19)10-4-3-7(12)5-9(10)11(13,14)15/h3-5,8,17H,2,6,16H2,1H3. The molecule has 9 heteroatoms. The van der Waals surface area contributed by atoms with Gasteiger partial charge in [0, 0.05) is 17.6 Å². The minimum atomic E-state index is -4.82. The molecule has 0 saturated carbocycles. The Labute approximate surface area is 120 Å². The average Bonchev–Trinajstić information content (AvgIpc) is 2.34. The Hall–Kier alpha value is -0.830. The number of hydrogen-bond acceptors (Lipinski definition) is 3. The second kappa shape index (κ2) is 6.30. The number of rotatable bonds is 5. The lowest BCUT2D eigenvalue weighted by Gasteiger charge is -2.15. The summed E-state index contributed by atoms with van der Waals surface area (Å²) >= 11 is 5.49. The third kappa shape index (κ3) is 4.34. The zero-order valence-electron chi connectivity index (χ0n) is 10.5. The van der Waals surface area contributed by atoms with E-state index in [1.54, 1.807) is 6.92 Å². The second-order valence-electron chi connectivity index (χ2n) is 4.16. The maximum Gasteiger partial charge on any atom is 0.417 e. The predicted octanol–water partition coefficient (Wildman–Crippen LogP) is 2.37. The van der Waals surface area contributed by atoms with Gasteiger partial charge in [0.1, 0.15) is 0 Å². The van der Waals surface area contributed by atoms with Crippen LogP contribution in [0.15, 0.2) is 23.1 Å². The van der Waals surface area contributed by atoms with Crippen molar-refractivity contribution < 1.29 is 21.6 Å². The molecule has 1 aromatic rings. The number of benzene rings is 1. The molecular formula is C11H14ClF3N2O2S. The Morgan fingerprint density at radius 3 is 2.50 bits per heavy atom. The summed E-state index contributed by atoms with van der Waals surface area (Å²) in [6.45, 7) is 1.60. The van der Waals surface area contributed by atoms with Crippen molar-refractivity contribution in [3.05, 3.63) is 28.8 Å². The average molecular weight is 331 g/mol. The van der Waals surface area contributed by atoms with Crippen LogP contribution >= 0.6 is 11.6 Å². The number of hydrogen-bond donors (Lipinski definition) is 2. The van der Waals surface area contributed by atoms with E-state index in [0.717, 1.165) is 12.1 Å². The van der Waals surface area contributed by atoms with Crippen molar-refractivity contribution in [2.24, 2.45) is 5.73 Å². The molecule has 0 aliphatic heterocycles. The molecule has 0 aliphatic rings. The Morgan fingerprint density at radius 1 is 1.40 bits per heavy atom. The fourth-order valence-electron chi connectivity index (χ4n) is 1.40. The van der Waals surface area contributed by atoms with E-state index in [9.17, 15) is 21.6 Å². The van der Waals surface area contributed by atoms with Gasteiger partial charge in [-0.05, 0) is 24.6 Å². The first-order valence-corrected chi connectivity index (χ1v) is 7.56. The molecule has 0 heterocycles. The molecule has 0 bridgehead atoms. The van der Waals surface area contributed by atoms with Gasteiger partial charge < -0.3 is 5.73 Å². The van der Waals surface area contributed by atoms with Crippen LogP contribution in [0.4, 0.5) is 13.2 Å². The van der Waals surface area contributed by atoms with E-state index in [-0.39, 0.29) is 11.6 Å². The normalized spacial score (nSPS) is 14.3. The fraction of sp³-hybridized carbons (Fsp3) is 0.455. The van der Waals surface area contributed by atoms with E-state index in [0.29, 0.717) is 12.5 Å². The van der Waals surface area contributed by atoms with Crippen LogP contribution in [-0.2, 0) is 16.2 Å². The number of nitrogens with two attached hydrogens (primary N) is 1.